The minimum Gasteiger partial charge on any atom is -0.444 e. The van der Waals surface area contributed by atoms with Crippen LogP contribution in [0.15, 0.2) is 30.3 Å². The van der Waals surface area contributed by atoms with E-state index in [9.17, 15) is 9.59 Å². The number of carbonyl (C=O) groups excluding carboxylic acids is 2. The zero-order chi connectivity index (χ0) is 21.0. The molecule has 0 aromatic heterocycles. The van der Waals surface area contributed by atoms with Gasteiger partial charge in [0, 0.05) is 25.2 Å². The number of hydrogen-bond donors (Lipinski definition) is 2. The second-order valence-electron chi connectivity index (χ2n) is 7.79. The Labute approximate surface area is 170 Å². The first-order chi connectivity index (χ1) is 13.3. The van der Waals surface area contributed by atoms with E-state index in [0.717, 1.165) is 39.0 Å². The lowest BCUT2D eigenvalue weighted by Gasteiger charge is -2.32. The normalized spacial score (nSPS) is 15.2. The first-order valence-corrected chi connectivity index (χ1v) is 10.4. The van der Waals surface area contributed by atoms with Crippen LogP contribution in [0.5, 0.6) is 0 Å². The van der Waals surface area contributed by atoms with E-state index in [0.29, 0.717) is 18.0 Å². The molecule has 0 radical (unpaired) electrons. The van der Waals surface area contributed by atoms with Crippen LogP contribution in [0.4, 0.5) is 4.79 Å². The molecule has 6 heteroatoms. The van der Waals surface area contributed by atoms with Crippen molar-refractivity contribution in [2.75, 3.05) is 32.7 Å². The van der Waals surface area contributed by atoms with Crippen molar-refractivity contribution in [2.45, 2.75) is 53.1 Å². The standard InChI is InChI=1S/C20H31N3O3.C2H6/c1-20(2,3)26-19(25)21-11-14-23-12-9-16(10-13-23)15-22-18(24)17-7-5-4-6-8-17;1-2/h4-8,16H,9-15H2,1-3H3,(H,21,25)(H,22,24);1-2H3. The molecular formula is C22H37N3O3. The fraction of sp³-hybridized carbons (Fsp3) is 0.636. The van der Waals surface area contributed by atoms with Crippen LogP contribution in [0.2, 0.25) is 0 Å². The predicted octanol–water partition coefficient (Wildman–Crippen LogP) is 3.68. The van der Waals surface area contributed by atoms with E-state index in [1.54, 1.807) is 0 Å². The van der Waals surface area contributed by atoms with Crippen LogP contribution in [0.25, 0.3) is 0 Å². The van der Waals surface area contributed by atoms with Crippen molar-refractivity contribution in [3.63, 3.8) is 0 Å². The van der Waals surface area contributed by atoms with Crippen LogP contribution in [-0.4, -0.2) is 55.2 Å². The van der Waals surface area contributed by atoms with Crippen molar-refractivity contribution in [1.29, 1.82) is 0 Å². The molecular weight excluding hydrogens is 354 g/mol. The van der Waals surface area contributed by atoms with Crippen molar-refractivity contribution < 1.29 is 14.3 Å². The molecule has 6 nitrogen and oxygen atoms in total. The molecule has 0 bridgehead atoms. The van der Waals surface area contributed by atoms with Crippen LogP contribution in [0, 0.1) is 5.92 Å². The average molecular weight is 392 g/mol. The Hall–Kier alpha value is -2.08. The lowest BCUT2D eigenvalue weighted by Crippen LogP contribution is -2.42. The van der Waals surface area contributed by atoms with Gasteiger partial charge in [-0.2, -0.15) is 0 Å². The second kappa shape index (κ2) is 12.4. The Morgan fingerprint density at radius 1 is 1.07 bits per heavy atom. The van der Waals surface area contributed by atoms with Gasteiger partial charge in [0.25, 0.3) is 5.91 Å². The van der Waals surface area contributed by atoms with E-state index in [1.807, 2.05) is 65.0 Å². The third-order valence-corrected chi connectivity index (χ3v) is 4.39. The molecule has 0 saturated carbocycles. The molecule has 0 aliphatic carbocycles. The number of amides is 2. The molecule has 1 saturated heterocycles. The Morgan fingerprint density at radius 2 is 1.68 bits per heavy atom. The van der Waals surface area contributed by atoms with E-state index < -0.39 is 5.60 Å². The van der Waals surface area contributed by atoms with E-state index in [4.69, 9.17) is 4.74 Å². The van der Waals surface area contributed by atoms with Gasteiger partial charge in [0.1, 0.15) is 5.60 Å². The smallest absolute Gasteiger partial charge is 0.407 e. The van der Waals surface area contributed by atoms with E-state index in [2.05, 4.69) is 15.5 Å². The van der Waals surface area contributed by atoms with E-state index >= 15 is 0 Å². The number of nitrogens with one attached hydrogen (secondary N) is 2. The van der Waals surface area contributed by atoms with E-state index in [-0.39, 0.29) is 12.0 Å². The number of carbonyl (C=O) groups is 2. The maximum atomic E-state index is 12.1. The Balaban J connectivity index is 0.00000190. The fourth-order valence-corrected chi connectivity index (χ4v) is 2.97. The van der Waals surface area contributed by atoms with Gasteiger partial charge < -0.3 is 20.3 Å². The summed E-state index contributed by atoms with van der Waals surface area (Å²) < 4.78 is 5.23. The highest BCUT2D eigenvalue weighted by atomic mass is 16.6. The van der Waals surface area contributed by atoms with Crippen LogP contribution in [0.3, 0.4) is 0 Å². The largest absolute Gasteiger partial charge is 0.444 e. The van der Waals surface area contributed by atoms with Gasteiger partial charge in [-0.1, -0.05) is 32.0 Å². The molecule has 0 atom stereocenters. The number of nitrogens with zero attached hydrogens (tertiary/aromatic N) is 1. The number of rotatable bonds is 6. The first-order valence-electron chi connectivity index (χ1n) is 10.4. The van der Waals surface area contributed by atoms with Gasteiger partial charge in [0.05, 0.1) is 0 Å². The molecule has 2 N–H and O–H groups in total. The van der Waals surface area contributed by atoms with Gasteiger partial charge in [-0.25, -0.2) is 4.79 Å². The molecule has 28 heavy (non-hydrogen) atoms. The SMILES string of the molecule is CC.CC(C)(C)OC(=O)NCCN1CCC(CNC(=O)c2ccccc2)CC1. The summed E-state index contributed by atoms with van der Waals surface area (Å²) in [5.74, 6) is 0.507. The third kappa shape index (κ3) is 9.74. The van der Waals surface area contributed by atoms with Gasteiger partial charge in [0.2, 0.25) is 0 Å². The molecule has 1 fully saturated rings. The summed E-state index contributed by atoms with van der Waals surface area (Å²) in [5.41, 5.74) is 0.241. The summed E-state index contributed by atoms with van der Waals surface area (Å²) in [7, 11) is 0. The van der Waals surface area contributed by atoms with Gasteiger partial charge in [0.15, 0.2) is 0 Å². The lowest BCUT2D eigenvalue weighted by molar-refractivity contribution is 0.0519. The highest BCUT2D eigenvalue weighted by molar-refractivity contribution is 5.94. The zero-order valence-corrected chi connectivity index (χ0v) is 18.1. The van der Waals surface area contributed by atoms with Crippen LogP contribution in [-0.2, 0) is 4.74 Å². The quantitative estimate of drug-likeness (QED) is 0.776. The van der Waals surface area contributed by atoms with Crippen LogP contribution < -0.4 is 10.6 Å². The molecule has 1 heterocycles. The maximum Gasteiger partial charge on any atom is 0.407 e. The van der Waals surface area contributed by atoms with Crippen molar-refractivity contribution in [1.82, 2.24) is 15.5 Å². The van der Waals surface area contributed by atoms with Gasteiger partial charge >= 0.3 is 6.09 Å². The van der Waals surface area contributed by atoms with Crippen LogP contribution >= 0.6 is 0 Å². The fourth-order valence-electron chi connectivity index (χ4n) is 2.97. The van der Waals surface area contributed by atoms with Gasteiger partial charge in [-0.05, 0) is 64.8 Å². The summed E-state index contributed by atoms with van der Waals surface area (Å²) in [6.07, 6.45) is 1.75. The number of ether oxygens (including phenoxy) is 1. The lowest BCUT2D eigenvalue weighted by atomic mass is 9.96. The summed E-state index contributed by atoms with van der Waals surface area (Å²) in [6.45, 7) is 13.7. The number of piperidine rings is 1. The van der Waals surface area contributed by atoms with Gasteiger partial charge in [-0.3, -0.25) is 4.79 Å². The number of likely N-dealkylation sites (tertiary alicyclic amines) is 1. The Bertz CT molecular complexity index is 576. The molecule has 1 aromatic rings. The molecule has 0 unspecified atom stereocenters. The third-order valence-electron chi connectivity index (χ3n) is 4.39. The Kier molecular flexibility index (Phi) is 10.6. The van der Waals surface area contributed by atoms with Crippen molar-refractivity contribution >= 4 is 12.0 Å². The summed E-state index contributed by atoms with van der Waals surface area (Å²) in [4.78, 5) is 26.0. The maximum absolute atomic E-state index is 12.1. The summed E-state index contributed by atoms with van der Waals surface area (Å²) in [6, 6.07) is 9.31. The summed E-state index contributed by atoms with van der Waals surface area (Å²) >= 11 is 0. The first kappa shape index (κ1) is 24.0. The molecule has 158 valence electrons. The van der Waals surface area contributed by atoms with Gasteiger partial charge in [-0.15, -0.1) is 0 Å². The second-order valence-corrected chi connectivity index (χ2v) is 7.79. The topological polar surface area (TPSA) is 70.7 Å². The molecule has 1 aliphatic rings. The minimum atomic E-state index is -0.466. The predicted molar refractivity (Wildman–Crippen MR) is 114 cm³/mol. The monoisotopic (exact) mass is 391 g/mol. The molecule has 2 amide bonds. The van der Waals surface area contributed by atoms with E-state index in [1.165, 1.54) is 0 Å². The van der Waals surface area contributed by atoms with Crippen LogP contribution in [0.1, 0.15) is 57.8 Å². The minimum absolute atomic E-state index is 0.00501. The number of alkyl carbamates (subject to hydrolysis) is 1. The highest BCUT2D eigenvalue weighted by Crippen LogP contribution is 2.16. The molecule has 2 rings (SSSR count). The highest BCUT2D eigenvalue weighted by Gasteiger charge is 2.20. The molecule has 1 aromatic carbocycles. The van der Waals surface area contributed by atoms with Crippen molar-refractivity contribution in [2.24, 2.45) is 5.92 Å². The zero-order valence-electron chi connectivity index (χ0n) is 18.1. The van der Waals surface area contributed by atoms with Crippen molar-refractivity contribution in [3.05, 3.63) is 35.9 Å². The molecule has 0 spiro atoms. The molecule has 1 aliphatic heterocycles. The number of hydrogen-bond acceptors (Lipinski definition) is 4. The Morgan fingerprint density at radius 3 is 2.25 bits per heavy atom. The average Bonchev–Trinajstić information content (AvgIpc) is 2.68. The summed E-state index contributed by atoms with van der Waals surface area (Å²) in [5, 5.41) is 5.83. The number of benzene rings is 1. The van der Waals surface area contributed by atoms with Crippen molar-refractivity contribution in [3.8, 4) is 0 Å².